The van der Waals surface area contributed by atoms with E-state index >= 15 is 0 Å². The Labute approximate surface area is 259 Å². The highest BCUT2D eigenvalue weighted by Crippen LogP contribution is 2.33. The van der Waals surface area contributed by atoms with E-state index in [1.54, 1.807) is 0 Å². The summed E-state index contributed by atoms with van der Waals surface area (Å²) in [5.74, 6) is 7.22. The largest absolute Gasteiger partial charge is 0.481 e. The number of piperidine rings is 2. The number of carboxylic acids is 1. The van der Waals surface area contributed by atoms with Crippen LogP contribution in [-0.2, 0) is 17.6 Å². The van der Waals surface area contributed by atoms with Crippen molar-refractivity contribution in [3.63, 3.8) is 0 Å². The number of carboxylic acid groups (broad SMARTS) is 1. The molecule has 4 heterocycles. The van der Waals surface area contributed by atoms with Gasteiger partial charge < -0.3 is 31.3 Å². The van der Waals surface area contributed by atoms with Crippen LogP contribution in [0.4, 0.5) is 0 Å². The second-order valence-electron chi connectivity index (χ2n) is 14.9. The van der Waals surface area contributed by atoms with E-state index in [0.29, 0.717) is 24.9 Å². The summed E-state index contributed by atoms with van der Waals surface area (Å²) in [4.78, 5) is 11.8. The average molecular weight is 594 g/mol. The first-order chi connectivity index (χ1) is 20.6. The van der Waals surface area contributed by atoms with Crippen molar-refractivity contribution in [2.75, 3.05) is 6.54 Å². The van der Waals surface area contributed by atoms with Gasteiger partial charge in [-0.05, 0) is 102 Å². The molecule has 7 nitrogen and oxygen atoms in total. The zero-order chi connectivity index (χ0) is 30.5. The number of benzene rings is 1. The van der Waals surface area contributed by atoms with Gasteiger partial charge in [-0.1, -0.05) is 43.0 Å². The predicted octanol–water partition coefficient (Wildman–Crippen LogP) is 4.33. The van der Waals surface area contributed by atoms with Crippen molar-refractivity contribution >= 4 is 5.97 Å². The van der Waals surface area contributed by atoms with Gasteiger partial charge in [-0.3, -0.25) is 4.79 Å². The molecule has 43 heavy (non-hydrogen) atoms. The Kier molecular flexibility index (Phi) is 10.9. The van der Waals surface area contributed by atoms with E-state index in [4.69, 9.17) is 0 Å². The van der Waals surface area contributed by atoms with E-state index in [-0.39, 0.29) is 42.1 Å². The molecule has 6 bridgehead atoms. The summed E-state index contributed by atoms with van der Waals surface area (Å²) >= 11 is 0. The molecular weight excluding hydrogens is 538 g/mol. The number of carbonyl (C=O) groups is 1. The van der Waals surface area contributed by atoms with Gasteiger partial charge in [-0.2, -0.15) is 0 Å². The number of fused-ring (bicyclic) bond motifs is 6. The van der Waals surface area contributed by atoms with Gasteiger partial charge in [0.2, 0.25) is 0 Å². The zero-order valence-corrected chi connectivity index (χ0v) is 26.4. The lowest BCUT2D eigenvalue weighted by Gasteiger charge is -2.45. The van der Waals surface area contributed by atoms with Gasteiger partial charge in [0.05, 0.1) is 18.1 Å². The Morgan fingerprint density at radius 3 is 2.63 bits per heavy atom. The van der Waals surface area contributed by atoms with Crippen LogP contribution in [0, 0.1) is 23.7 Å². The highest BCUT2D eigenvalue weighted by Gasteiger charge is 2.39. The van der Waals surface area contributed by atoms with Crippen LogP contribution in [0.2, 0.25) is 0 Å². The molecule has 2 saturated heterocycles. The molecule has 4 aliphatic rings. The number of aliphatic hydroxyl groups is 2. The van der Waals surface area contributed by atoms with Gasteiger partial charge in [0, 0.05) is 48.6 Å². The van der Waals surface area contributed by atoms with Gasteiger partial charge >= 0.3 is 5.97 Å². The second-order valence-corrected chi connectivity index (χ2v) is 14.9. The van der Waals surface area contributed by atoms with E-state index in [1.165, 1.54) is 11.1 Å². The zero-order valence-electron chi connectivity index (χ0n) is 26.4. The molecule has 5 rings (SSSR count). The number of hydrogen-bond donors (Lipinski definition) is 6. The van der Waals surface area contributed by atoms with Gasteiger partial charge in [-0.15, -0.1) is 5.92 Å². The summed E-state index contributed by atoms with van der Waals surface area (Å²) < 4.78 is 0. The van der Waals surface area contributed by atoms with Crippen LogP contribution in [0.15, 0.2) is 24.3 Å². The highest BCUT2D eigenvalue weighted by atomic mass is 16.4. The highest BCUT2D eigenvalue weighted by molar-refractivity contribution is 5.68. The third kappa shape index (κ3) is 9.52. The van der Waals surface area contributed by atoms with E-state index in [2.05, 4.69) is 65.9 Å². The van der Waals surface area contributed by atoms with Crippen LogP contribution in [0.1, 0.15) is 108 Å². The predicted molar refractivity (Wildman–Crippen MR) is 171 cm³/mol. The van der Waals surface area contributed by atoms with E-state index in [9.17, 15) is 20.1 Å². The Balaban J connectivity index is 1.41. The van der Waals surface area contributed by atoms with Crippen LogP contribution in [0.3, 0.4) is 0 Å². The van der Waals surface area contributed by atoms with E-state index in [0.717, 1.165) is 83.5 Å². The maximum Gasteiger partial charge on any atom is 0.306 e. The van der Waals surface area contributed by atoms with Gasteiger partial charge in [0.25, 0.3) is 0 Å². The Morgan fingerprint density at radius 1 is 1.05 bits per heavy atom. The normalized spacial score (nSPS) is 39.0. The second kappa shape index (κ2) is 14.4. The van der Waals surface area contributed by atoms with Crippen LogP contribution < -0.4 is 16.0 Å². The Hall–Kier alpha value is -1.95. The van der Waals surface area contributed by atoms with Crippen molar-refractivity contribution in [1.82, 2.24) is 16.0 Å². The molecule has 238 valence electrons. The lowest BCUT2D eigenvalue weighted by molar-refractivity contribution is -0.143. The van der Waals surface area contributed by atoms with Crippen LogP contribution >= 0.6 is 0 Å². The quantitative estimate of drug-likeness (QED) is 0.282. The van der Waals surface area contributed by atoms with Crippen LogP contribution in [-0.4, -0.2) is 69.2 Å². The fourth-order valence-electron chi connectivity index (χ4n) is 8.41. The molecule has 9 atom stereocenters. The topological polar surface area (TPSA) is 114 Å². The lowest BCUT2D eigenvalue weighted by Crippen LogP contribution is -2.61. The molecule has 0 radical (unpaired) electrons. The van der Waals surface area contributed by atoms with Crippen molar-refractivity contribution in [3.05, 3.63) is 35.4 Å². The van der Waals surface area contributed by atoms with Gasteiger partial charge in [0.1, 0.15) is 0 Å². The maximum atomic E-state index is 11.8. The van der Waals surface area contributed by atoms with Gasteiger partial charge in [-0.25, -0.2) is 0 Å². The molecule has 0 spiro atoms. The Bertz CT molecular complexity index is 1150. The molecule has 6 N–H and O–H groups in total. The molecule has 4 aliphatic heterocycles. The third-order valence-corrected chi connectivity index (χ3v) is 10.7. The van der Waals surface area contributed by atoms with Crippen LogP contribution in [0.25, 0.3) is 0 Å². The first kappa shape index (κ1) is 32.4. The number of hydrogen-bond acceptors (Lipinski definition) is 6. The fourth-order valence-corrected chi connectivity index (χ4v) is 8.41. The number of nitrogens with one attached hydrogen (secondary N) is 3. The molecule has 0 aromatic heterocycles. The summed E-state index contributed by atoms with van der Waals surface area (Å²) in [6.07, 6.45) is 12.5. The SMILES string of the molecule is C[C@H]1N[C@H](CC[C@H]2Cc3cccc(c3)C[C@@H]3C[C@]4(C)C[C@@H](CC#C[C@@H](CCCC[C@@](O)(CC(=O)O)CN4)C2)N3)CC[C@H]1O. The summed E-state index contributed by atoms with van der Waals surface area (Å²) in [6.45, 7) is 4.63. The standard InChI is InChI=1S/C36H55N3O4/c1-25-33(40)15-14-30(38-25)13-12-29-17-26-7-3-4-16-36(43,23-34(41)42)24-37-35(2)21-31(11-6-8-26)39-32(22-35)20-28-10-5-9-27(18-28)19-29/h5,9-10,18,25-26,29-33,37-40,43H,3-4,7,11-17,19-24H2,1-2H3,(H,41,42)/t25-,26-,29-,30-,31-,32-,33-,35+,36-/m1/s1. The minimum Gasteiger partial charge on any atom is -0.481 e. The van der Waals surface area contributed by atoms with Crippen LogP contribution in [0.5, 0.6) is 0 Å². The minimum atomic E-state index is -1.25. The summed E-state index contributed by atoms with van der Waals surface area (Å²) in [7, 11) is 0. The molecule has 0 aliphatic carbocycles. The van der Waals surface area contributed by atoms with E-state index < -0.39 is 11.6 Å². The van der Waals surface area contributed by atoms with E-state index in [1.807, 2.05) is 0 Å². The first-order valence-corrected chi connectivity index (χ1v) is 17.0. The maximum absolute atomic E-state index is 11.8. The molecular formula is C36H55N3O4. The smallest absolute Gasteiger partial charge is 0.306 e. The number of rotatable bonds is 5. The third-order valence-electron chi connectivity index (χ3n) is 10.7. The van der Waals surface area contributed by atoms with Crippen molar-refractivity contribution in [2.24, 2.45) is 11.8 Å². The van der Waals surface area contributed by atoms with Crippen molar-refractivity contribution in [1.29, 1.82) is 0 Å². The summed E-state index contributed by atoms with van der Waals surface area (Å²) in [5.41, 5.74) is 1.31. The molecule has 7 heteroatoms. The fraction of sp³-hybridized carbons (Fsp3) is 0.750. The molecule has 2 fully saturated rings. The molecule has 1 aromatic rings. The molecule has 0 saturated carbocycles. The number of aliphatic carboxylic acids is 1. The number of aliphatic hydroxyl groups excluding tert-OH is 1. The van der Waals surface area contributed by atoms with Crippen molar-refractivity contribution < 1.29 is 20.1 Å². The lowest BCUT2D eigenvalue weighted by atomic mass is 9.77. The average Bonchev–Trinajstić information content (AvgIpc) is 2.93. The van der Waals surface area contributed by atoms with Gasteiger partial charge in [0.15, 0.2) is 0 Å². The first-order valence-electron chi connectivity index (χ1n) is 17.0. The Morgan fingerprint density at radius 2 is 1.84 bits per heavy atom. The molecule has 1 aromatic carbocycles. The summed E-state index contributed by atoms with van der Waals surface area (Å²) in [5, 5.41) is 42.6. The summed E-state index contributed by atoms with van der Waals surface area (Å²) in [6, 6.07) is 10.3. The van der Waals surface area contributed by atoms with Crippen molar-refractivity contribution in [3.8, 4) is 11.8 Å². The monoisotopic (exact) mass is 593 g/mol. The van der Waals surface area contributed by atoms with Crippen molar-refractivity contribution in [2.45, 2.75) is 152 Å². The molecule has 0 amide bonds. The molecule has 0 unspecified atom stereocenters. The minimum absolute atomic E-state index is 0.148. The number of β-amino-alcohol motifs (C(OH)–C–C–N with tert-alkyl or cyclic N) is 1.